The van der Waals surface area contributed by atoms with E-state index < -0.39 is 26.7 Å². The molecule has 0 aliphatic heterocycles. The molecule has 0 saturated carbocycles. The van der Waals surface area contributed by atoms with E-state index in [4.69, 9.17) is 0 Å². The summed E-state index contributed by atoms with van der Waals surface area (Å²) in [6.45, 7) is 0. The first-order valence-corrected chi connectivity index (χ1v) is 6.73. The van der Waals surface area contributed by atoms with Gasteiger partial charge in [0.25, 0.3) is 0 Å². The fourth-order valence-electron chi connectivity index (χ4n) is 1.44. The minimum atomic E-state index is -4.34. The summed E-state index contributed by atoms with van der Waals surface area (Å²) in [6.07, 6.45) is 0. The van der Waals surface area contributed by atoms with Crippen molar-refractivity contribution in [2.24, 2.45) is 0 Å². The van der Waals surface area contributed by atoms with Gasteiger partial charge in [-0.05, 0) is 24.3 Å². The average Bonchev–Trinajstić information content (AvgIpc) is 2.39. The highest BCUT2D eigenvalue weighted by atomic mass is 32.2. The SMILES string of the molecule is O=C(OS(=O)(=O)c1ccccc1O)c1ccccc1. The van der Waals surface area contributed by atoms with Crippen LogP contribution in [0.2, 0.25) is 0 Å². The van der Waals surface area contributed by atoms with Crippen molar-refractivity contribution in [3.8, 4) is 5.75 Å². The molecule has 2 aromatic rings. The van der Waals surface area contributed by atoms with Crippen molar-refractivity contribution < 1.29 is 22.5 Å². The summed E-state index contributed by atoms with van der Waals surface area (Å²) >= 11 is 0. The van der Waals surface area contributed by atoms with Crippen LogP contribution in [0.3, 0.4) is 0 Å². The van der Waals surface area contributed by atoms with Crippen molar-refractivity contribution in [3.05, 3.63) is 60.2 Å². The lowest BCUT2D eigenvalue weighted by Crippen LogP contribution is -2.13. The van der Waals surface area contributed by atoms with Gasteiger partial charge < -0.3 is 9.29 Å². The predicted octanol–water partition coefficient (Wildman–Crippen LogP) is 1.94. The Kier molecular flexibility index (Phi) is 3.52. The zero-order chi connectivity index (χ0) is 13.9. The lowest BCUT2D eigenvalue weighted by molar-refractivity contribution is 0.0746. The molecule has 0 spiro atoms. The molecule has 0 aliphatic rings. The molecule has 19 heavy (non-hydrogen) atoms. The van der Waals surface area contributed by atoms with Crippen molar-refractivity contribution in [3.63, 3.8) is 0 Å². The van der Waals surface area contributed by atoms with Gasteiger partial charge in [0, 0.05) is 0 Å². The van der Waals surface area contributed by atoms with Crippen molar-refractivity contribution in [1.82, 2.24) is 0 Å². The molecule has 0 heterocycles. The van der Waals surface area contributed by atoms with E-state index in [0.717, 1.165) is 6.07 Å². The number of aromatic hydroxyl groups is 1. The van der Waals surface area contributed by atoms with Gasteiger partial charge in [-0.25, -0.2) is 4.79 Å². The Balaban J connectivity index is 2.29. The molecule has 0 fully saturated rings. The quantitative estimate of drug-likeness (QED) is 0.868. The summed E-state index contributed by atoms with van der Waals surface area (Å²) in [4.78, 5) is 11.2. The molecule has 0 atom stereocenters. The van der Waals surface area contributed by atoms with E-state index in [1.807, 2.05) is 0 Å². The number of phenolic OH excluding ortho intramolecular Hbond substituents is 1. The van der Waals surface area contributed by atoms with E-state index >= 15 is 0 Å². The highest BCUT2D eigenvalue weighted by molar-refractivity contribution is 7.87. The van der Waals surface area contributed by atoms with Crippen LogP contribution < -0.4 is 0 Å². The minimum Gasteiger partial charge on any atom is -0.506 e. The van der Waals surface area contributed by atoms with Gasteiger partial charge in [0.05, 0.1) is 5.56 Å². The molecule has 0 radical (unpaired) electrons. The van der Waals surface area contributed by atoms with Gasteiger partial charge in [0.1, 0.15) is 10.6 Å². The number of hydrogen-bond donors (Lipinski definition) is 1. The van der Waals surface area contributed by atoms with Gasteiger partial charge in [0.2, 0.25) is 0 Å². The lowest BCUT2D eigenvalue weighted by Gasteiger charge is -2.06. The Bertz CT molecular complexity index is 692. The maximum atomic E-state index is 11.8. The Labute approximate surface area is 110 Å². The Morgan fingerprint density at radius 2 is 1.53 bits per heavy atom. The van der Waals surface area contributed by atoms with Crippen molar-refractivity contribution in [2.75, 3.05) is 0 Å². The third kappa shape index (κ3) is 2.92. The highest BCUT2D eigenvalue weighted by Crippen LogP contribution is 2.24. The predicted molar refractivity (Wildman–Crippen MR) is 67.2 cm³/mol. The van der Waals surface area contributed by atoms with Crippen LogP contribution in [0.5, 0.6) is 5.75 Å². The van der Waals surface area contributed by atoms with Crippen LogP contribution in [0.1, 0.15) is 10.4 Å². The Morgan fingerprint density at radius 3 is 2.16 bits per heavy atom. The largest absolute Gasteiger partial charge is 0.506 e. The highest BCUT2D eigenvalue weighted by Gasteiger charge is 2.24. The second-order valence-electron chi connectivity index (χ2n) is 3.66. The average molecular weight is 278 g/mol. The molecular formula is C13H10O5S. The number of benzene rings is 2. The topological polar surface area (TPSA) is 80.7 Å². The maximum Gasteiger partial charge on any atom is 0.354 e. The smallest absolute Gasteiger partial charge is 0.354 e. The van der Waals surface area contributed by atoms with Gasteiger partial charge in [-0.1, -0.05) is 30.3 Å². The molecule has 2 rings (SSSR count). The third-order valence-corrected chi connectivity index (χ3v) is 3.58. The van der Waals surface area contributed by atoms with Crippen LogP contribution >= 0.6 is 0 Å². The summed E-state index contributed by atoms with van der Waals surface area (Å²) in [6, 6.07) is 13.0. The zero-order valence-corrected chi connectivity index (χ0v) is 10.5. The van der Waals surface area contributed by atoms with E-state index in [9.17, 15) is 18.3 Å². The molecule has 6 heteroatoms. The number of rotatable bonds is 3. The van der Waals surface area contributed by atoms with Crippen LogP contribution in [0.15, 0.2) is 59.5 Å². The second-order valence-corrected chi connectivity index (χ2v) is 5.17. The summed E-state index contributed by atoms with van der Waals surface area (Å²) in [7, 11) is -4.34. The van der Waals surface area contributed by atoms with Gasteiger partial charge in [-0.2, -0.15) is 8.42 Å². The second kappa shape index (κ2) is 5.11. The molecule has 0 saturated heterocycles. The van der Waals surface area contributed by atoms with Crippen molar-refractivity contribution in [2.45, 2.75) is 4.90 Å². The molecule has 2 aromatic carbocycles. The van der Waals surface area contributed by atoms with Crippen LogP contribution in [-0.2, 0) is 14.3 Å². The number of carbonyl (C=O) groups is 1. The van der Waals surface area contributed by atoms with Gasteiger partial charge in [-0.3, -0.25) is 0 Å². The summed E-state index contributed by atoms with van der Waals surface area (Å²) in [5.41, 5.74) is 0.112. The molecule has 1 N–H and O–H groups in total. The Morgan fingerprint density at radius 1 is 0.947 bits per heavy atom. The van der Waals surface area contributed by atoms with E-state index in [1.165, 1.54) is 30.3 Å². The number of phenols is 1. The van der Waals surface area contributed by atoms with Crippen molar-refractivity contribution in [1.29, 1.82) is 0 Å². The van der Waals surface area contributed by atoms with Gasteiger partial charge in [0.15, 0.2) is 0 Å². The van der Waals surface area contributed by atoms with Gasteiger partial charge >= 0.3 is 16.1 Å². The van der Waals surface area contributed by atoms with E-state index in [1.54, 1.807) is 18.2 Å². The number of para-hydroxylation sites is 1. The van der Waals surface area contributed by atoms with Crippen molar-refractivity contribution >= 4 is 16.1 Å². The number of carbonyl (C=O) groups excluding carboxylic acids is 1. The molecular weight excluding hydrogens is 268 g/mol. The monoisotopic (exact) mass is 278 g/mol. The Hall–Kier alpha value is -2.34. The standard InChI is InChI=1S/C13H10O5S/c14-11-8-4-5-9-12(11)19(16,17)18-13(15)10-6-2-1-3-7-10/h1-9,14H. The van der Waals surface area contributed by atoms with Crippen LogP contribution in [0.4, 0.5) is 0 Å². The lowest BCUT2D eigenvalue weighted by atomic mass is 10.2. The van der Waals surface area contributed by atoms with Gasteiger partial charge in [-0.15, -0.1) is 0 Å². The normalized spacial score (nSPS) is 10.9. The molecule has 0 amide bonds. The fourth-order valence-corrected chi connectivity index (χ4v) is 2.39. The summed E-state index contributed by atoms with van der Waals surface area (Å²) < 4.78 is 28.1. The molecule has 98 valence electrons. The molecule has 0 unspecified atom stereocenters. The molecule has 0 aromatic heterocycles. The summed E-state index contributed by atoms with van der Waals surface area (Å²) in [5.74, 6) is -1.47. The molecule has 5 nitrogen and oxygen atoms in total. The van der Waals surface area contributed by atoms with E-state index in [0.29, 0.717) is 0 Å². The molecule has 0 aliphatic carbocycles. The first kappa shape index (κ1) is 13.1. The fraction of sp³-hybridized carbons (Fsp3) is 0. The van der Waals surface area contributed by atoms with E-state index in [2.05, 4.69) is 4.18 Å². The van der Waals surface area contributed by atoms with Crippen LogP contribution in [0.25, 0.3) is 0 Å². The maximum absolute atomic E-state index is 11.8. The molecule has 0 bridgehead atoms. The van der Waals surface area contributed by atoms with Crippen LogP contribution in [-0.4, -0.2) is 19.5 Å². The summed E-state index contributed by atoms with van der Waals surface area (Å²) in [5, 5.41) is 9.46. The van der Waals surface area contributed by atoms with E-state index in [-0.39, 0.29) is 5.56 Å². The minimum absolute atomic E-state index is 0.112. The number of hydrogen-bond acceptors (Lipinski definition) is 5. The van der Waals surface area contributed by atoms with Crippen LogP contribution in [0, 0.1) is 0 Å². The first-order valence-electron chi connectivity index (χ1n) is 5.32. The third-order valence-electron chi connectivity index (χ3n) is 2.33. The zero-order valence-electron chi connectivity index (χ0n) is 9.68. The first-order chi connectivity index (χ1) is 9.00.